The van der Waals surface area contributed by atoms with E-state index in [1.165, 1.54) is 57.2 Å². The fourth-order valence-corrected chi connectivity index (χ4v) is 4.36. The lowest BCUT2D eigenvalue weighted by atomic mass is 10.0. The second kappa shape index (κ2) is 8.17. The van der Waals surface area contributed by atoms with E-state index in [1.54, 1.807) is 6.07 Å². The van der Waals surface area contributed by atoms with Crippen molar-refractivity contribution in [2.45, 2.75) is 63.8 Å². The van der Waals surface area contributed by atoms with E-state index in [4.69, 9.17) is 4.98 Å². The zero-order valence-electron chi connectivity index (χ0n) is 15.5. The van der Waals surface area contributed by atoms with Crippen molar-refractivity contribution in [3.8, 4) is 11.4 Å². The molecule has 1 saturated carbocycles. The molecule has 0 radical (unpaired) electrons. The highest BCUT2D eigenvalue weighted by atomic mass is 16.1. The molecule has 2 aromatic rings. The number of aromatic nitrogens is 2. The SMILES string of the molecule is O=c1cc(C2CCCC2)nc(-c2ccc(CN3CCCCCC3)cc2)[nH]1. The van der Waals surface area contributed by atoms with Crippen molar-refractivity contribution >= 4 is 0 Å². The van der Waals surface area contributed by atoms with Crippen molar-refractivity contribution in [2.24, 2.45) is 0 Å². The number of aromatic amines is 1. The minimum Gasteiger partial charge on any atom is -0.307 e. The normalized spacial score (nSPS) is 19.5. The average molecular weight is 351 g/mol. The highest BCUT2D eigenvalue weighted by Gasteiger charge is 2.19. The first-order chi connectivity index (χ1) is 12.8. The first-order valence-electron chi connectivity index (χ1n) is 10.2. The fraction of sp³-hybridized carbons (Fsp3) is 0.545. The van der Waals surface area contributed by atoms with Gasteiger partial charge in [0.1, 0.15) is 5.82 Å². The smallest absolute Gasteiger partial charge is 0.251 e. The van der Waals surface area contributed by atoms with Crippen LogP contribution in [0.25, 0.3) is 11.4 Å². The number of hydrogen-bond acceptors (Lipinski definition) is 3. The summed E-state index contributed by atoms with van der Waals surface area (Å²) in [5.74, 6) is 1.17. The van der Waals surface area contributed by atoms with Crippen LogP contribution in [0.5, 0.6) is 0 Å². The van der Waals surface area contributed by atoms with E-state index in [9.17, 15) is 4.79 Å². The molecule has 1 saturated heterocycles. The van der Waals surface area contributed by atoms with E-state index in [-0.39, 0.29) is 5.56 Å². The van der Waals surface area contributed by atoms with E-state index >= 15 is 0 Å². The molecule has 4 rings (SSSR count). The second-order valence-corrected chi connectivity index (χ2v) is 7.89. The van der Waals surface area contributed by atoms with Gasteiger partial charge in [-0.15, -0.1) is 0 Å². The lowest BCUT2D eigenvalue weighted by Crippen LogP contribution is -2.23. The van der Waals surface area contributed by atoms with Gasteiger partial charge in [0, 0.05) is 24.1 Å². The maximum atomic E-state index is 12.1. The Bertz CT molecular complexity index is 767. The summed E-state index contributed by atoms with van der Waals surface area (Å²) in [6.07, 6.45) is 10.2. The number of nitrogens with one attached hydrogen (secondary N) is 1. The zero-order valence-corrected chi connectivity index (χ0v) is 15.5. The van der Waals surface area contributed by atoms with Gasteiger partial charge in [0.25, 0.3) is 5.56 Å². The maximum Gasteiger partial charge on any atom is 0.251 e. The van der Waals surface area contributed by atoms with Gasteiger partial charge in [-0.1, -0.05) is 49.9 Å². The van der Waals surface area contributed by atoms with Crippen LogP contribution in [0.15, 0.2) is 35.1 Å². The molecular weight excluding hydrogens is 322 g/mol. The van der Waals surface area contributed by atoms with Crippen LogP contribution in [0.1, 0.15) is 68.5 Å². The number of H-pyrrole nitrogens is 1. The monoisotopic (exact) mass is 351 g/mol. The van der Waals surface area contributed by atoms with Crippen LogP contribution in [0.3, 0.4) is 0 Å². The lowest BCUT2D eigenvalue weighted by molar-refractivity contribution is 0.277. The molecule has 138 valence electrons. The molecule has 4 heteroatoms. The number of hydrogen-bond donors (Lipinski definition) is 1. The van der Waals surface area contributed by atoms with Gasteiger partial charge in [-0.3, -0.25) is 9.69 Å². The summed E-state index contributed by atoms with van der Waals surface area (Å²) in [4.78, 5) is 22.4. The predicted molar refractivity (Wildman–Crippen MR) is 105 cm³/mol. The van der Waals surface area contributed by atoms with Crippen LogP contribution in [-0.4, -0.2) is 28.0 Å². The maximum absolute atomic E-state index is 12.1. The summed E-state index contributed by atoms with van der Waals surface area (Å²) in [5.41, 5.74) is 3.27. The average Bonchev–Trinajstić information content (AvgIpc) is 3.08. The number of rotatable bonds is 4. The Labute approximate surface area is 155 Å². The third-order valence-corrected chi connectivity index (χ3v) is 5.87. The predicted octanol–water partition coefficient (Wildman–Crippen LogP) is 4.47. The van der Waals surface area contributed by atoms with Gasteiger partial charge in [0.15, 0.2) is 0 Å². The molecule has 1 aliphatic carbocycles. The Balaban J connectivity index is 1.50. The topological polar surface area (TPSA) is 49.0 Å². The Kier molecular flexibility index (Phi) is 5.49. The summed E-state index contributed by atoms with van der Waals surface area (Å²) >= 11 is 0. The number of benzene rings is 1. The third kappa shape index (κ3) is 4.24. The van der Waals surface area contributed by atoms with Crippen LogP contribution in [-0.2, 0) is 6.54 Å². The van der Waals surface area contributed by atoms with Crippen molar-refractivity contribution in [3.05, 3.63) is 51.9 Å². The molecule has 0 bridgehead atoms. The van der Waals surface area contributed by atoms with Crippen molar-refractivity contribution in [1.82, 2.24) is 14.9 Å². The van der Waals surface area contributed by atoms with Crippen LogP contribution in [0.2, 0.25) is 0 Å². The van der Waals surface area contributed by atoms with Crippen LogP contribution in [0.4, 0.5) is 0 Å². The second-order valence-electron chi connectivity index (χ2n) is 7.89. The molecule has 1 aromatic heterocycles. The summed E-state index contributed by atoms with van der Waals surface area (Å²) in [6.45, 7) is 3.44. The molecule has 1 N–H and O–H groups in total. The molecule has 1 aromatic carbocycles. The minimum atomic E-state index is -0.0365. The molecular formula is C22H29N3O. The molecule has 0 spiro atoms. The standard InChI is InChI=1S/C22H29N3O/c26-21-15-20(18-7-3-4-8-18)23-22(24-21)19-11-9-17(10-12-19)16-25-13-5-1-2-6-14-25/h9-12,15,18H,1-8,13-14,16H2,(H,23,24,26). The summed E-state index contributed by atoms with van der Waals surface area (Å²) < 4.78 is 0. The first kappa shape index (κ1) is 17.5. The molecule has 0 atom stereocenters. The van der Waals surface area contributed by atoms with Crippen molar-refractivity contribution in [3.63, 3.8) is 0 Å². The van der Waals surface area contributed by atoms with Crippen molar-refractivity contribution in [2.75, 3.05) is 13.1 Å². The Hall–Kier alpha value is -1.94. The van der Waals surface area contributed by atoms with Gasteiger partial charge in [-0.25, -0.2) is 4.98 Å². The zero-order chi connectivity index (χ0) is 17.8. The number of nitrogens with zero attached hydrogens (tertiary/aromatic N) is 2. The molecule has 2 aliphatic rings. The van der Waals surface area contributed by atoms with Gasteiger partial charge in [0.2, 0.25) is 0 Å². The van der Waals surface area contributed by atoms with Crippen molar-refractivity contribution < 1.29 is 0 Å². The Morgan fingerprint density at radius 1 is 0.962 bits per heavy atom. The van der Waals surface area contributed by atoms with Gasteiger partial charge < -0.3 is 4.98 Å². The van der Waals surface area contributed by atoms with Gasteiger partial charge in [-0.05, 0) is 44.3 Å². The Morgan fingerprint density at radius 3 is 2.35 bits per heavy atom. The molecule has 2 heterocycles. The first-order valence-corrected chi connectivity index (χ1v) is 10.2. The minimum absolute atomic E-state index is 0.0365. The van der Waals surface area contributed by atoms with Gasteiger partial charge in [-0.2, -0.15) is 0 Å². The van der Waals surface area contributed by atoms with E-state index in [2.05, 4.69) is 34.1 Å². The highest BCUT2D eigenvalue weighted by Crippen LogP contribution is 2.33. The fourth-order valence-electron chi connectivity index (χ4n) is 4.36. The van der Waals surface area contributed by atoms with Crippen LogP contribution >= 0.6 is 0 Å². The molecule has 2 fully saturated rings. The quantitative estimate of drug-likeness (QED) is 0.884. The van der Waals surface area contributed by atoms with Crippen LogP contribution in [0, 0.1) is 0 Å². The van der Waals surface area contributed by atoms with E-state index in [0.29, 0.717) is 11.7 Å². The molecule has 0 amide bonds. The summed E-state index contributed by atoms with van der Waals surface area (Å²) in [6, 6.07) is 10.3. The largest absolute Gasteiger partial charge is 0.307 e. The summed E-state index contributed by atoms with van der Waals surface area (Å²) in [5, 5.41) is 0. The van der Waals surface area contributed by atoms with E-state index in [1.807, 2.05) is 0 Å². The highest BCUT2D eigenvalue weighted by molar-refractivity contribution is 5.55. The molecule has 26 heavy (non-hydrogen) atoms. The third-order valence-electron chi connectivity index (χ3n) is 5.87. The van der Waals surface area contributed by atoms with E-state index in [0.717, 1.165) is 30.6 Å². The summed E-state index contributed by atoms with van der Waals surface area (Å²) in [7, 11) is 0. The lowest BCUT2D eigenvalue weighted by Gasteiger charge is -2.19. The van der Waals surface area contributed by atoms with Crippen molar-refractivity contribution in [1.29, 1.82) is 0 Å². The molecule has 1 aliphatic heterocycles. The molecule has 4 nitrogen and oxygen atoms in total. The number of likely N-dealkylation sites (tertiary alicyclic amines) is 1. The van der Waals surface area contributed by atoms with Crippen LogP contribution < -0.4 is 5.56 Å². The van der Waals surface area contributed by atoms with Gasteiger partial charge >= 0.3 is 0 Å². The van der Waals surface area contributed by atoms with Gasteiger partial charge in [0.05, 0.1) is 5.69 Å². The molecule has 0 unspecified atom stereocenters. The Morgan fingerprint density at radius 2 is 1.65 bits per heavy atom. The van der Waals surface area contributed by atoms with E-state index < -0.39 is 0 Å².